The molecule has 4 nitrogen and oxygen atoms in total. The predicted octanol–water partition coefficient (Wildman–Crippen LogP) is 4.35. The fraction of sp³-hybridized carbons (Fsp3) is 0.333. The van der Waals surface area contributed by atoms with Crippen LogP contribution in [0.5, 0.6) is 0 Å². The molecular formula is C21H23ClN2O2. The molecule has 0 radical (unpaired) electrons. The maximum Gasteiger partial charge on any atom is 0.258 e. The highest BCUT2D eigenvalue weighted by Gasteiger charge is 2.25. The summed E-state index contributed by atoms with van der Waals surface area (Å²) < 4.78 is 0. The molecule has 0 bridgehead atoms. The highest BCUT2D eigenvalue weighted by atomic mass is 35.5. The molecule has 0 spiro atoms. The van der Waals surface area contributed by atoms with E-state index < -0.39 is 0 Å². The van der Waals surface area contributed by atoms with Gasteiger partial charge in [0.15, 0.2) is 0 Å². The van der Waals surface area contributed by atoms with E-state index in [1.807, 2.05) is 12.1 Å². The normalized spacial score (nSPS) is 12.8. The molecule has 0 aromatic heterocycles. The van der Waals surface area contributed by atoms with Gasteiger partial charge in [-0.3, -0.25) is 9.59 Å². The molecule has 1 heterocycles. The van der Waals surface area contributed by atoms with Crippen molar-refractivity contribution in [2.45, 2.75) is 39.2 Å². The second-order valence-corrected chi connectivity index (χ2v) is 6.99. The molecule has 1 N–H and O–H groups in total. The smallest absolute Gasteiger partial charge is 0.258 e. The number of anilines is 1. The van der Waals surface area contributed by atoms with E-state index in [-0.39, 0.29) is 11.8 Å². The number of fused-ring (bicyclic) bond motifs is 1. The summed E-state index contributed by atoms with van der Waals surface area (Å²) in [7, 11) is 0. The van der Waals surface area contributed by atoms with Crippen LogP contribution in [0.25, 0.3) is 0 Å². The average molecular weight is 371 g/mol. The van der Waals surface area contributed by atoms with Gasteiger partial charge in [0.05, 0.1) is 0 Å². The van der Waals surface area contributed by atoms with Crippen molar-refractivity contribution in [1.29, 1.82) is 0 Å². The van der Waals surface area contributed by atoms with E-state index >= 15 is 0 Å². The first kappa shape index (κ1) is 18.5. The van der Waals surface area contributed by atoms with Crippen LogP contribution in [-0.2, 0) is 17.8 Å². The maximum absolute atomic E-state index is 12.8. The molecule has 0 fully saturated rings. The van der Waals surface area contributed by atoms with E-state index in [1.165, 1.54) is 0 Å². The topological polar surface area (TPSA) is 49.4 Å². The van der Waals surface area contributed by atoms with Crippen molar-refractivity contribution in [3.63, 3.8) is 0 Å². The number of carbonyl (C=O) groups excluding carboxylic acids is 2. The Morgan fingerprint density at radius 3 is 2.65 bits per heavy atom. The highest BCUT2D eigenvalue weighted by molar-refractivity contribution is 6.30. The number of hydrogen-bond donors (Lipinski definition) is 1. The Morgan fingerprint density at radius 2 is 1.92 bits per heavy atom. The summed E-state index contributed by atoms with van der Waals surface area (Å²) in [5.74, 6) is 0.0472. The van der Waals surface area contributed by atoms with Crippen LogP contribution < -0.4 is 10.2 Å². The largest absolute Gasteiger partial charge is 0.352 e. The number of amides is 2. The summed E-state index contributed by atoms with van der Waals surface area (Å²) in [6.07, 6.45) is 3.31. The molecule has 136 valence electrons. The second-order valence-electron chi connectivity index (χ2n) is 6.56. The van der Waals surface area contributed by atoms with Crippen LogP contribution in [0.1, 0.15) is 47.7 Å². The minimum atomic E-state index is -0.0236. The zero-order chi connectivity index (χ0) is 18.5. The van der Waals surface area contributed by atoms with Gasteiger partial charge in [0.2, 0.25) is 5.91 Å². The predicted molar refractivity (Wildman–Crippen MR) is 105 cm³/mol. The van der Waals surface area contributed by atoms with E-state index in [9.17, 15) is 9.59 Å². The lowest BCUT2D eigenvalue weighted by molar-refractivity contribution is -0.121. The van der Waals surface area contributed by atoms with Gasteiger partial charge in [-0.2, -0.15) is 0 Å². The minimum absolute atomic E-state index is 0.0236. The van der Waals surface area contributed by atoms with Crippen molar-refractivity contribution in [3.8, 4) is 0 Å². The Labute approximate surface area is 159 Å². The minimum Gasteiger partial charge on any atom is -0.352 e. The Balaban J connectivity index is 1.71. The number of carbonyl (C=O) groups is 2. The fourth-order valence-electron chi connectivity index (χ4n) is 3.12. The Morgan fingerprint density at radius 1 is 1.15 bits per heavy atom. The van der Waals surface area contributed by atoms with Gasteiger partial charge in [-0.25, -0.2) is 0 Å². The SMILES string of the molecule is CCCCC(=O)NCc1ccc2c(c1)N(C(=O)c1ccc(Cl)cc1)CC2. The molecule has 1 aliphatic heterocycles. The van der Waals surface area contributed by atoms with Crippen LogP contribution in [0.4, 0.5) is 5.69 Å². The monoisotopic (exact) mass is 370 g/mol. The van der Waals surface area contributed by atoms with Crippen molar-refractivity contribution >= 4 is 29.1 Å². The number of halogens is 1. The zero-order valence-electron chi connectivity index (χ0n) is 14.9. The maximum atomic E-state index is 12.8. The molecule has 0 unspecified atom stereocenters. The van der Waals surface area contributed by atoms with Crippen molar-refractivity contribution in [3.05, 3.63) is 64.2 Å². The molecule has 0 saturated carbocycles. The molecule has 5 heteroatoms. The molecule has 26 heavy (non-hydrogen) atoms. The van der Waals surface area contributed by atoms with Crippen molar-refractivity contribution in [1.82, 2.24) is 5.32 Å². The van der Waals surface area contributed by atoms with Crippen molar-refractivity contribution < 1.29 is 9.59 Å². The molecule has 2 aromatic carbocycles. The van der Waals surface area contributed by atoms with E-state index in [1.54, 1.807) is 29.2 Å². The summed E-state index contributed by atoms with van der Waals surface area (Å²) in [5.41, 5.74) is 3.73. The number of nitrogens with one attached hydrogen (secondary N) is 1. The Bertz CT molecular complexity index is 802. The molecule has 0 saturated heterocycles. The van der Waals surface area contributed by atoms with Crippen molar-refractivity contribution in [2.75, 3.05) is 11.4 Å². The van der Waals surface area contributed by atoms with Crippen LogP contribution in [0.15, 0.2) is 42.5 Å². The first-order chi connectivity index (χ1) is 12.6. The lowest BCUT2D eigenvalue weighted by Gasteiger charge is -2.18. The average Bonchev–Trinajstić information content (AvgIpc) is 3.08. The van der Waals surface area contributed by atoms with E-state index in [0.717, 1.165) is 36.1 Å². The number of hydrogen-bond acceptors (Lipinski definition) is 2. The fourth-order valence-corrected chi connectivity index (χ4v) is 3.25. The van der Waals surface area contributed by atoms with Crippen molar-refractivity contribution in [2.24, 2.45) is 0 Å². The van der Waals surface area contributed by atoms with Gasteiger partial charge in [0, 0.05) is 35.8 Å². The second kappa shape index (κ2) is 8.37. The van der Waals surface area contributed by atoms with Crippen LogP contribution in [0, 0.1) is 0 Å². The molecular weight excluding hydrogens is 348 g/mol. The van der Waals surface area contributed by atoms with Gasteiger partial charge in [-0.15, -0.1) is 0 Å². The highest BCUT2D eigenvalue weighted by Crippen LogP contribution is 2.30. The van der Waals surface area contributed by atoms with E-state index in [2.05, 4.69) is 18.3 Å². The Hall–Kier alpha value is -2.33. The molecule has 2 aromatic rings. The number of rotatable bonds is 6. The van der Waals surface area contributed by atoms with Gasteiger partial charge < -0.3 is 10.2 Å². The third kappa shape index (κ3) is 4.25. The zero-order valence-corrected chi connectivity index (χ0v) is 15.7. The molecule has 0 aliphatic carbocycles. The van der Waals surface area contributed by atoms with Crippen LogP contribution >= 0.6 is 11.6 Å². The van der Waals surface area contributed by atoms with Gasteiger partial charge >= 0.3 is 0 Å². The molecule has 2 amide bonds. The molecule has 3 rings (SSSR count). The summed E-state index contributed by atoms with van der Waals surface area (Å²) >= 11 is 5.91. The summed E-state index contributed by atoms with van der Waals surface area (Å²) in [4.78, 5) is 26.4. The number of unbranched alkanes of at least 4 members (excludes halogenated alkanes) is 1. The number of nitrogens with zero attached hydrogens (tertiary/aromatic N) is 1. The van der Waals surface area contributed by atoms with E-state index in [0.29, 0.717) is 30.1 Å². The van der Waals surface area contributed by atoms with Gasteiger partial charge in [-0.1, -0.05) is 37.1 Å². The lowest BCUT2D eigenvalue weighted by atomic mass is 10.1. The van der Waals surface area contributed by atoms with Gasteiger partial charge in [0.25, 0.3) is 5.91 Å². The van der Waals surface area contributed by atoms with Crippen LogP contribution in [0.3, 0.4) is 0 Å². The van der Waals surface area contributed by atoms with Crippen LogP contribution in [0.2, 0.25) is 5.02 Å². The van der Waals surface area contributed by atoms with Gasteiger partial charge in [-0.05, 0) is 54.3 Å². The molecule has 1 aliphatic rings. The molecule has 0 atom stereocenters. The van der Waals surface area contributed by atoms with E-state index in [4.69, 9.17) is 11.6 Å². The summed E-state index contributed by atoms with van der Waals surface area (Å²) in [6, 6.07) is 13.0. The third-order valence-electron chi connectivity index (χ3n) is 4.63. The number of benzene rings is 2. The van der Waals surface area contributed by atoms with Crippen LogP contribution in [-0.4, -0.2) is 18.4 Å². The quantitative estimate of drug-likeness (QED) is 0.821. The first-order valence-electron chi connectivity index (χ1n) is 9.04. The standard InChI is InChI=1S/C21H23ClN2O2/c1-2-3-4-20(25)23-14-15-5-6-16-11-12-24(19(16)13-15)21(26)17-7-9-18(22)10-8-17/h5-10,13H,2-4,11-12,14H2,1H3,(H,23,25). The third-order valence-corrected chi connectivity index (χ3v) is 4.88. The van der Waals surface area contributed by atoms with Gasteiger partial charge in [0.1, 0.15) is 0 Å². The first-order valence-corrected chi connectivity index (χ1v) is 9.42. The Kier molecular flexibility index (Phi) is 5.94. The summed E-state index contributed by atoms with van der Waals surface area (Å²) in [6.45, 7) is 3.22. The lowest BCUT2D eigenvalue weighted by Crippen LogP contribution is -2.29. The summed E-state index contributed by atoms with van der Waals surface area (Å²) in [5, 5.41) is 3.57.